The minimum Gasteiger partial charge on any atom is -0.377 e. The van der Waals surface area contributed by atoms with E-state index < -0.39 is 11.4 Å². The van der Waals surface area contributed by atoms with E-state index in [9.17, 15) is 14.3 Å². The van der Waals surface area contributed by atoms with Gasteiger partial charge in [-0.1, -0.05) is 36.4 Å². The minimum atomic E-state index is -1.70. The second-order valence-corrected chi connectivity index (χ2v) is 7.79. The minimum absolute atomic E-state index is 0.0546. The summed E-state index contributed by atoms with van der Waals surface area (Å²) in [5, 5.41) is 13.3. The molecule has 0 radical (unpaired) electrons. The molecule has 1 N–H and O–H groups in total. The van der Waals surface area contributed by atoms with E-state index in [2.05, 4.69) is 9.97 Å². The lowest BCUT2D eigenvalue weighted by Gasteiger charge is -2.23. The van der Waals surface area contributed by atoms with Gasteiger partial charge in [0.15, 0.2) is 11.4 Å². The van der Waals surface area contributed by atoms with Gasteiger partial charge in [0.2, 0.25) is 0 Å². The maximum Gasteiger partial charge on any atom is 0.266 e. The zero-order chi connectivity index (χ0) is 21.2. The second-order valence-electron chi connectivity index (χ2n) is 7.79. The lowest BCUT2D eigenvalue weighted by atomic mass is 9.89. The predicted octanol–water partition coefficient (Wildman–Crippen LogP) is 3.87. The Labute approximate surface area is 176 Å². The van der Waals surface area contributed by atoms with E-state index in [1.165, 1.54) is 22.8 Å². The summed E-state index contributed by atoms with van der Waals surface area (Å²) < 4.78 is 15.6. The first-order valence-electron chi connectivity index (χ1n) is 9.94. The van der Waals surface area contributed by atoms with E-state index in [1.54, 1.807) is 24.3 Å². The molecule has 1 unspecified atom stereocenters. The normalized spacial score (nSPS) is 17.1. The maximum absolute atomic E-state index is 14.2. The molecule has 0 saturated carbocycles. The Morgan fingerprint density at radius 1 is 0.903 bits per heavy atom. The molecule has 1 atom stereocenters. The number of benzene rings is 3. The first-order chi connectivity index (χ1) is 15.0. The fraction of sp³-hybridized carbons (Fsp3) is 0.0800. The fourth-order valence-corrected chi connectivity index (χ4v) is 4.43. The van der Waals surface area contributed by atoms with Gasteiger partial charge in [0.05, 0.1) is 22.1 Å². The number of nitrogens with zero attached hydrogens (tertiary/aromatic N) is 3. The van der Waals surface area contributed by atoms with Gasteiger partial charge < -0.3 is 5.11 Å². The van der Waals surface area contributed by atoms with Crippen LogP contribution in [-0.2, 0) is 12.0 Å². The van der Waals surface area contributed by atoms with Crippen molar-refractivity contribution in [3.8, 4) is 5.69 Å². The summed E-state index contributed by atoms with van der Waals surface area (Å²) in [7, 11) is 0. The Balaban J connectivity index is 1.62. The van der Waals surface area contributed by atoms with Crippen molar-refractivity contribution < 1.29 is 9.50 Å². The van der Waals surface area contributed by atoms with Crippen molar-refractivity contribution in [1.82, 2.24) is 14.5 Å². The van der Waals surface area contributed by atoms with Crippen LogP contribution in [0.5, 0.6) is 0 Å². The van der Waals surface area contributed by atoms with Crippen molar-refractivity contribution in [2.24, 2.45) is 0 Å². The summed E-state index contributed by atoms with van der Waals surface area (Å²) in [6.45, 7) is 0. The number of pyridine rings is 1. The molecule has 5 nitrogen and oxygen atoms in total. The van der Waals surface area contributed by atoms with Crippen LogP contribution < -0.4 is 5.56 Å². The molecule has 150 valence electrons. The highest BCUT2D eigenvalue weighted by Gasteiger charge is 2.45. The molecule has 6 rings (SSSR count). The van der Waals surface area contributed by atoms with Crippen LogP contribution in [0.3, 0.4) is 0 Å². The number of aromatic nitrogens is 3. The molecule has 5 aromatic rings. The number of hydrogen-bond acceptors (Lipinski definition) is 4. The Morgan fingerprint density at radius 3 is 2.55 bits per heavy atom. The standard InChI is InChI=1S/C25H16FN3O2/c26-16-10-12-22-19(13-16)25(31,14-17-11-9-15-5-1-3-7-20(15)27-17)24-28-21-8-4-2-6-18(21)23(30)29(22)24/h1-13,31H,14H2. The molecular formula is C25H16FN3O2. The van der Waals surface area contributed by atoms with E-state index in [-0.39, 0.29) is 17.8 Å². The first kappa shape index (κ1) is 17.9. The summed E-state index contributed by atoms with van der Waals surface area (Å²) in [6, 6.07) is 22.5. The van der Waals surface area contributed by atoms with Crippen molar-refractivity contribution in [1.29, 1.82) is 0 Å². The van der Waals surface area contributed by atoms with Gasteiger partial charge in [0.25, 0.3) is 5.56 Å². The van der Waals surface area contributed by atoms with Crippen LogP contribution >= 0.6 is 0 Å². The summed E-state index contributed by atoms with van der Waals surface area (Å²) >= 11 is 0. The maximum atomic E-state index is 14.2. The average molecular weight is 409 g/mol. The van der Waals surface area contributed by atoms with Crippen molar-refractivity contribution in [2.45, 2.75) is 12.0 Å². The van der Waals surface area contributed by atoms with Crippen molar-refractivity contribution >= 4 is 21.8 Å². The molecule has 3 aromatic carbocycles. The molecule has 1 aliphatic heterocycles. The lowest BCUT2D eigenvalue weighted by molar-refractivity contribution is 0.0761. The molecule has 0 fully saturated rings. The molecule has 1 aliphatic rings. The third-order valence-corrected chi connectivity index (χ3v) is 5.88. The van der Waals surface area contributed by atoms with E-state index in [4.69, 9.17) is 0 Å². The van der Waals surface area contributed by atoms with Gasteiger partial charge in [-0.05, 0) is 42.5 Å². The Morgan fingerprint density at radius 2 is 1.68 bits per heavy atom. The largest absolute Gasteiger partial charge is 0.377 e. The van der Waals surface area contributed by atoms with Crippen LogP contribution in [0.2, 0.25) is 0 Å². The van der Waals surface area contributed by atoms with Crippen molar-refractivity contribution in [3.05, 3.63) is 112 Å². The highest BCUT2D eigenvalue weighted by atomic mass is 19.1. The van der Waals surface area contributed by atoms with Gasteiger partial charge >= 0.3 is 0 Å². The molecule has 31 heavy (non-hydrogen) atoms. The van der Waals surface area contributed by atoms with Gasteiger partial charge in [0, 0.05) is 23.1 Å². The van der Waals surface area contributed by atoms with E-state index in [0.717, 1.165) is 10.9 Å². The number of aliphatic hydroxyl groups is 1. The molecule has 0 amide bonds. The number of fused-ring (bicyclic) bond motifs is 5. The zero-order valence-electron chi connectivity index (χ0n) is 16.3. The van der Waals surface area contributed by atoms with Crippen LogP contribution in [0, 0.1) is 5.82 Å². The van der Waals surface area contributed by atoms with Crippen LogP contribution in [0.4, 0.5) is 4.39 Å². The topological polar surface area (TPSA) is 68.0 Å². The molecule has 0 saturated heterocycles. The molecule has 3 heterocycles. The number of para-hydroxylation sites is 2. The van der Waals surface area contributed by atoms with Gasteiger partial charge in [-0.15, -0.1) is 0 Å². The van der Waals surface area contributed by atoms with Crippen LogP contribution in [0.15, 0.2) is 83.7 Å². The molecule has 2 aromatic heterocycles. The molecular weight excluding hydrogens is 393 g/mol. The zero-order valence-corrected chi connectivity index (χ0v) is 16.3. The predicted molar refractivity (Wildman–Crippen MR) is 116 cm³/mol. The lowest BCUT2D eigenvalue weighted by Crippen LogP contribution is -2.32. The monoisotopic (exact) mass is 409 g/mol. The number of hydrogen-bond donors (Lipinski definition) is 1. The molecule has 0 aliphatic carbocycles. The van der Waals surface area contributed by atoms with Crippen molar-refractivity contribution in [3.63, 3.8) is 0 Å². The molecule has 6 heteroatoms. The van der Waals surface area contributed by atoms with Gasteiger partial charge in [-0.25, -0.2) is 9.37 Å². The second kappa shape index (κ2) is 6.30. The third-order valence-electron chi connectivity index (χ3n) is 5.88. The highest BCUT2D eigenvalue weighted by molar-refractivity contribution is 5.79. The first-order valence-corrected chi connectivity index (χ1v) is 9.94. The smallest absolute Gasteiger partial charge is 0.266 e. The fourth-order valence-electron chi connectivity index (χ4n) is 4.43. The van der Waals surface area contributed by atoms with Crippen LogP contribution in [0.1, 0.15) is 17.1 Å². The Kier molecular flexibility index (Phi) is 3.64. The van der Waals surface area contributed by atoms with E-state index in [0.29, 0.717) is 27.8 Å². The number of halogens is 1. The quantitative estimate of drug-likeness (QED) is 0.481. The Bertz CT molecular complexity index is 1580. The SMILES string of the molecule is O=c1c2ccccc2nc2n1-c1ccc(F)cc1C2(O)Cc1ccc2ccccc2n1. The summed E-state index contributed by atoms with van der Waals surface area (Å²) in [4.78, 5) is 22.6. The van der Waals surface area contributed by atoms with Gasteiger partial charge in [-0.2, -0.15) is 0 Å². The van der Waals surface area contributed by atoms with Gasteiger partial charge in [-0.3, -0.25) is 14.3 Å². The average Bonchev–Trinajstić information content (AvgIpc) is 3.02. The van der Waals surface area contributed by atoms with Crippen LogP contribution in [0.25, 0.3) is 27.5 Å². The summed E-state index contributed by atoms with van der Waals surface area (Å²) in [5.41, 5.74) is 0.645. The number of rotatable bonds is 2. The van der Waals surface area contributed by atoms with Crippen LogP contribution in [-0.4, -0.2) is 19.6 Å². The summed E-state index contributed by atoms with van der Waals surface area (Å²) in [5.74, 6) is -0.319. The van der Waals surface area contributed by atoms with E-state index in [1.807, 2.05) is 36.4 Å². The van der Waals surface area contributed by atoms with Crippen molar-refractivity contribution in [2.75, 3.05) is 0 Å². The highest BCUT2D eigenvalue weighted by Crippen LogP contribution is 2.42. The Hall–Kier alpha value is -3.90. The molecule has 0 bridgehead atoms. The van der Waals surface area contributed by atoms with Gasteiger partial charge in [0.1, 0.15) is 5.82 Å². The third kappa shape index (κ3) is 2.55. The molecule has 0 spiro atoms. The summed E-state index contributed by atoms with van der Waals surface area (Å²) in [6.07, 6.45) is 0.0546. The van der Waals surface area contributed by atoms with E-state index >= 15 is 0 Å².